The van der Waals surface area contributed by atoms with Crippen molar-refractivity contribution in [2.45, 2.75) is 44.9 Å². The van der Waals surface area contributed by atoms with Crippen LogP contribution in [-0.4, -0.2) is 32.2 Å². The average molecular weight is 354 g/mol. The Kier molecular flexibility index (Phi) is 4.19. The molecule has 4 aliphatic carbocycles. The van der Waals surface area contributed by atoms with Crippen molar-refractivity contribution in [2.24, 2.45) is 23.2 Å². The van der Waals surface area contributed by atoms with E-state index in [0.29, 0.717) is 11.8 Å². The monoisotopic (exact) mass is 354 g/mol. The first-order valence-electron chi connectivity index (χ1n) is 10.4. The first-order chi connectivity index (χ1) is 12.7. The molecule has 1 saturated heterocycles. The fourth-order valence-corrected chi connectivity index (χ4v) is 6.70. The van der Waals surface area contributed by atoms with Crippen LogP contribution < -0.4 is 10.2 Å². The summed E-state index contributed by atoms with van der Waals surface area (Å²) in [6.45, 7) is 3.30. The van der Waals surface area contributed by atoms with Crippen molar-refractivity contribution in [3.63, 3.8) is 0 Å². The van der Waals surface area contributed by atoms with Gasteiger partial charge in [0.1, 0.15) is 0 Å². The van der Waals surface area contributed by atoms with Crippen LogP contribution in [0.15, 0.2) is 24.3 Å². The molecule has 0 atom stereocenters. The summed E-state index contributed by atoms with van der Waals surface area (Å²) in [4.78, 5) is 15.3. The summed E-state index contributed by atoms with van der Waals surface area (Å²) in [5, 5.41) is 3.26. The van der Waals surface area contributed by atoms with Gasteiger partial charge in [-0.2, -0.15) is 0 Å². The summed E-state index contributed by atoms with van der Waals surface area (Å²) in [5.74, 6) is 2.91. The molecule has 0 radical (unpaired) electrons. The minimum absolute atomic E-state index is 0.215. The molecule has 26 heavy (non-hydrogen) atoms. The van der Waals surface area contributed by atoms with Gasteiger partial charge in [-0.25, -0.2) is 0 Å². The minimum atomic E-state index is 0.215. The van der Waals surface area contributed by atoms with Crippen molar-refractivity contribution < 1.29 is 9.53 Å². The smallest absolute Gasteiger partial charge is 0.224 e. The lowest BCUT2D eigenvalue weighted by molar-refractivity contribution is -0.124. The average Bonchev–Trinajstić information content (AvgIpc) is 2.61. The van der Waals surface area contributed by atoms with Crippen molar-refractivity contribution in [1.82, 2.24) is 0 Å². The van der Waals surface area contributed by atoms with E-state index in [1.54, 1.807) is 0 Å². The van der Waals surface area contributed by atoms with Crippen LogP contribution in [0.3, 0.4) is 0 Å². The van der Waals surface area contributed by atoms with E-state index in [9.17, 15) is 4.79 Å². The number of carbonyl (C=O) groups excluding carboxylic acids is 1. The largest absolute Gasteiger partial charge is 0.378 e. The molecule has 4 nitrogen and oxygen atoms in total. The van der Waals surface area contributed by atoms with E-state index in [4.69, 9.17) is 4.74 Å². The maximum absolute atomic E-state index is 13.0. The van der Waals surface area contributed by atoms with Crippen molar-refractivity contribution in [3.8, 4) is 0 Å². The van der Waals surface area contributed by atoms with Gasteiger partial charge in [0.15, 0.2) is 0 Å². The Balaban J connectivity index is 1.29. The number of hydrogen-bond acceptors (Lipinski definition) is 3. The Bertz CT molecular complexity index is 645. The van der Waals surface area contributed by atoms with E-state index in [1.807, 2.05) is 12.1 Å². The number of anilines is 2. The Morgan fingerprint density at radius 1 is 1.04 bits per heavy atom. The summed E-state index contributed by atoms with van der Waals surface area (Å²) in [5.41, 5.74) is 2.39. The fraction of sp³-hybridized carbons (Fsp3) is 0.682. The number of carbonyl (C=O) groups is 1. The zero-order valence-corrected chi connectivity index (χ0v) is 15.6. The van der Waals surface area contributed by atoms with Crippen molar-refractivity contribution in [3.05, 3.63) is 24.3 Å². The summed E-state index contributed by atoms with van der Waals surface area (Å²) in [7, 11) is 0. The van der Waals surface area contributed by atoms with Crippen LogP contribution in [0, 0.1) is 23.2 Å². The Labute approximate surface area is 156 Å². The van der Waals surface area contributed by atoms with Gasteiger partial charge in [-0.05, 0) is 73.8 Å². The number of morpholine rings is 1. The number of benzene rings is 1. The van der Waals surface area contributed by atoms with Crippen LogP contribution in [0.2, 0.25) is 0 Å². The zero-order chi connectivity index (χ0) is 17.6. The van der Waals surface area contributed by atoms with Gasteiger partial charge in [0, 0.05) is 19.5 Å². The normalized spacial score (nSPS) is 35.5. The van der Waals surface area contributed by atoms with Crippen molar-refractivity contribution in [1.29, 1.82) is 0 Å². The molecule has 0 aromatic heterocycles. The Morgan fingerprint density at radius 3 is 2.31 bits per heavy atom. The van der Waals surface area contributed by atoms with Crippen LogP contribution in [0.1, 0.15) is 44.9 Å². The molecule has 1 aromatic carbocycles. The minimum Gasteiger partial charge on any atom is -0.378 e. The lowest BCUT2D eigenvalue weighted by atomic mass is 9.49. The molecule has 1 heterocycles. The van der Waals surface area contributed by atoms with Gasteiger partial charge in [-0.15, -0.1) is 0 Å². The van der Waals surface area contributed by atoms with E-state index >= 15 is 0 Å². The summed E-state index contributed by atoms with van der Waals surface area (Å²) in [6, 6.07) is 8.23. The quantitative estimate of drug-likeness (QED) is 0.886. The second-order valence-corrected chi connectivity index (χ2v) is 9.26. The predicted molar refractivity (Wildman–Crippen MR) is 103 cm³/mol. The highest BCUT2D eigenvalue weighted by Gasteiger charge is 2.51. The van der Waals surface area contributed by atoms with Gasteiger partial charge in [-0.1, -0.05) is 12.1 Å². The summed E-state index contributed by atoms with van der Waals surface area (Å²) < 4.78 is 5.47. The van der Waals surface area contributed by atoms with Crippen LogP contribution in [0.25, 0.3) is 0 Å². The van der Waals surface area contributed by atoms with E-state index in [1.165, 1.54) is 38.5 Å². The third-order valence-electron chi connectivity index (χ3n) is 7.23. The number of amides is 1. The van der Waals surface area contributed by atoms with Crippen molar-refractivity contribution in [2.75, 3.05) is 36.5 Å². The third-order valence-corrected chi connectivity index (χ3v) is 7.23. The van der Waals surface area contributed by atoms with Crippen LogP contribution in [0.5, 0.6) is 0 Å². The first kappa shape index (κ1) is 16.6. The molecule has 1 amide bonds. The van der Waals surface area contributed by atoms with Crippen LogP contribution in [0.4, 0.5) is 11.4 Å². The Morgan fingerprint density at radius 2 is 1.65 bits per heavy atom. The van der Waals surface area contributed by atoms with E-state index in [-0.39, 0.29) is 5.91 Å². The van der Waals surface area contributed by atoms with Gasteiger partial charge in [0.2, 0.25) is 5.91 Å². The number of hydrogen-bond donors (Lipinski definition) is 1. The van der Waals surface area contributed by atoms with E-state index in [2.05, 4.69) is 22.3 Å². The maximum atomic E-state index is 13.0. The predicted octanol–water partition coefficient (Wildman–Crippen LogP) is 4.07. The first-order valence-corrected chi connectivity index (χ1v) is 10.4. The number of rotatable bonds is 4. The maximum Gasteiger partial charge on any atom is 0.224 e. The molecule has 4 saturated carbocycles. The third kappa shape index (κ3) is 3.13. The highest BCUT2D eigenvalue weighted by Crippen LogP contribution is 2.61. The molecular formula is C22H30N2O2. The molecule has 140 valence electrons. The highest BCUT2D eigenvalue weighted by molar-refractivity contribution is 5.94. The topological polar surface area (TPSA) is 41.6 Å². The molecule has 0 spiro atoms. The van der Waals surface area contributed by atoms with E-state index < -0.39 is 0 Å². The second-order valence-electron chi connectivity index (χ2n) is 9.26. The van der Waals surface area contributed by atoms with Crippen LogP contribution in [-0.2, 0) is 9.53 Å². The molecule has 1 N–H and O–H groups in total. The number of nitrogens with zero attached hydrogens (tertiary/aromatic N) is 1. The van der Waals surface area contributed by atoms with E-state index in [0.717, 1.165) is 55.4 Å². The second kappa shape index (κ2) is 6.56. The molecular weight excluding hydrogens is 324 g/mol. The summed E-state index contributed by atoms with van der Waals surface area (Å²) >= 11 is 0. The molecule has 4 heteroatoms. The lowest BCUT2D eigenvalue weighted by Crippen LogP contribution is -2.47. The van der Waals surface area contributed by atoms with Gasteiger partial charge >= 0.3 is 0 Å². The molecule has 5 aliphatic rings. The standard InChI is InChI=1S/C22H30N2O2/c25-21(15-22-12-16-9-17(13-22)11-18(10-16)14-22)23-19-3-1-2-4-20(19)24-5-7-26-8-6-24/h1-4,16-18H,5-15H2,(H,23,25). The molecule has 0 unspecified atom stereocenters. The molecule has 5 fully saturated rings. The fourth-order valence-electron chi connectivity index (χ4n) is 6.70. The zero-order valence-electron chi connectivity index (χ0n) is 15.6. The summed E-state index contributed by atoms with van der Waals surface area (Å²) in [6.07, 6.45) is 8.88. The highest BCUT2D eigenvalue weighted by atomic mass is 16.5. The van der Waals surface area contributed by atoms with Crippen molar-refractivity contribution >= 4 is 17.3 Å². The van der Waals surface area contributed by atoms with Crippen LogP contribution >= 0.6 is 0 Å². The SMILES string of the molecule is O=C(CC12CC3CC(CC(C3)C1)C2)Nc1ccccc1N1CCOCC1. The molecule has 1 aliphatic heterocycles. The van der Waals surface area contributed by atoms with Gasteiger partial charge in [0.25, 0.3) is 0 Å². The number of nitrogens with one attached hydrogen (secondary N) is 1. The number of ether oxygens (including phenoxy) is 1. The number of para-hydroxylation sites is 2. The molecule has 1 aromatic rings. The lowest BCUT2D eigenvalue weighted by Gasteiger charge is -2.56. The Hall–Kier alpha value is -1.55. The van der Waals surface area contributed by atoms with Gasteiger partial charge in [0.05, 0.1) is 24.6 Å². The van der Waals surface area contributed by atoms with Gasteiger partial charge < -0.3 is 15.0 Å². The molecule has 4 bridgehead atoms. The van der Waals surface area contributed by atoms with Gasteiger partial charge in [-0.3, -0.25) is 4.79 Å². The molecule has 6 rings (SSSR count).